The molecule has 0 saturated carbocycles. The normalized spacial score (nSPS) is 17.7. The molecular formula is C24H24N4O4. The Kier molecular flexibility index (Phi) is 6.02. The van der Waals surface area contributed by atoms with Crippen LogP contribution in [0.1, 0.15) is 29.3 Å². The number of ether oxygens (including phenoxy) is 1. The van der Waals surface area contributed by atoms with Gasteiger partial charge in [-0.25, -0.2) is 4.98 Å². The molecule has 0 aliphatic carbocycles. The van der Waals surface area contributed by atoms with Crippen LogP contribution in [0.5, 0.6) is 5.75 Å². The van der Waals surface area contributed by atoms with Gasteiger partial charge in [-0.3, -0.25) is 14.6 Å². The van der Waals surface area contributed by atoms with Crippen LogP contribution in [0.3, 0.4) is 0 Å². The molecule has 3 aromatic rings. The van der Waals surface area contributed by atoms with Crippen molar-refractivity contribution in [2.24, 2.45) is 0 Å². The summed E-state index contributed by atoms with van der Waals surface area (Å²) in [6.07, 6.45) is 7.47. The number of ketones is 1. The summed E-state index contributed by atoms with van der Waals surface area (Å²) in [5.74, 6) is -0.906. The van der Waals surface area contributed by atoms with Gasteiger partial charge in [0.05, 0.1) is 24.7 Å². The first kappa shape index (κ1) is 21.3. The number of hydrogen-bond acceptors (Lipinski definition) is 6. The van der Waals surface area contributed by atoms with E-state index in [0.717, 1.165) is 5.56 Å². The Morgan fingerprint density at radius 1 is 1.16 bits per heavy atom. The zero-order chi connectivity index (χ0) is 22.7. The predicted molar refractivity (Wildman–Crippen MR) is 118 cm³/mol. The zero-order valence-corrected chi connectivity index (χ0v) is 17.9. The van der Waals surface area contributed by atoms with E-state index in [4.69, 9.17) is 4.74 Å². The number of rotatable bonds is 7. The smallest absolute Gasteiger partial charge is 0.295 e. The maximum atomic E-state index is 13.0. The quantitative estimate of drug-likeness (QED) is 0.350. The molecule has 1 aliphatic heterocycles. The van der Waals surface area contributed by atoms with Crippen molar-refractivity contribution in [3.63, 3.8) is 0 Å². The molecule has 1 amide bonds. The molecule has 8 heteroatoms. The summed E-state index contributed by atoms with van der Waals surface area (Å²) in [6.45, 7) is 2.83. The second-order valence-corrected chi connectivity index (χ2v) is 7.59. The molecule has 0 unspecified atom stereocenters. The van der Waals surface area contributed by atoms with Gasteiger partial charge in [0.1, 0.15) is 17.6 Å². The molecule has 1 fully saturated rings. The van der Waals surface area contributed by atoms with Gasteiger partial charge in [-0.1, -0.05) is 6.07 Å². The van der Waals surface area contributed by atoms with Crippen LogP contribution in [0.15, 0.2) is 66.9 Å². The summed E-state index contributed by atoms with van der Waals surface area (Å²) in [4.78, 5) is 35.9. The predicted octanol–water partition coefficient (Wildman–Crippen LogP) is 3.11. The number of Topliss-reactive ketones (excluding diaryl/α,β-unsaturated/α-hetero) is 1. The summed E-state index contributed by atoms with van der Waals surface area (Å²) >= 11 is 0. The van der Waals surface area contributed by atoms with E-state index in [1.54, 1.807) is 62.2 Å². The number of carbonyl (C=O) groups excluding carboxylic acids is 2. The lowest BCUT2D eigenvalue weighted by Crippen LogP contribution is -2.31. The average Bonchev–Trinajstić information content (AvgIpc) is 3.41. The molecule has 1 aromatic carbocycles. The number of aliphatic hydroxyl groups is 1. The van der Waals surface area contributed by atoms with Crippen LogP contribution in [0.2, 0.25) is 0 Å². The number of nitrogens with zero attached hydrogens (tertiary/aromatic N) is 4. The van der Waals surface area contributed by atoms with Crippen molar-refractivity contribution in [3.8, 4) is 5.75 Å². The van der Waals surface area contributed by atoms with Gasteiger partial charge in [0.25, 0.3) is 11.7 Å². The average molecular weight is 432 g/mol. The Labute approximate surface area is 185 Å². The molecule has 164 valence electrons. The number of amides is 1. The first-order chi connectivity index (χ1) is 15.5. The van der Waals surface area contributed by atoms with Gasteiger partial charge in [0.2, 0.25) is 0 Å². The fourth-order valence-electron chi connectivity index (χ4n) is 3.98. The lowest BCUT2D eigenvalue weighted by molar-refractivity contribution is -0.140. The highest BCUT2D eigenvalue weighted by molar-refractivity contribution is 6.46. The minimum absolute atomic E-state index is 0.0425. The minimum Gasteiger partial charge on any atom is -0.507 e. The van der Waals surface area contributed by atoms with E-state index < -0.39 is 17.7 Å². The Hall–Kier alpha value is -3.94. The highest BCUT2D eigenvalue weighted by Gasteiger charge is 2.46. The number of hydrogen-bond donors (Lipinski definition) is 1. The summed E-state index contributed by atoms with van der Waals surface area (Å²) in [6, 6.07) is 9.68. The second-order valence-electron chi connectivity index (χ2n) is 7.59. The number of aliphatic hydroxyl groups excluding tert-OH is 1. The lowest BCUT2D eigenvalue weighted by atomic mass is 9.97. The van der Waals surface area contributed by atoms with E-state index in [9.17, 15) is 14.7 Å². The molecule has 1 saturated heterocycles. The third-order valence-corrected chi connectivity index (χ3v) is 5.55. The molecule has 4 rings (SSSR count). The highest BCUT2D eigenvalue weighted by Crippen LogP contribution is 2.39. The molecule has 3 heterocycles. The van der Waals surface area contributed by atoms with Crippen molar-refractivity contribution in [2.45, 2.75) is 25.9 Å². The number of carbonyl (C=O) groups is 2. The first-order valence-corrected chi connectivity index (χ1v) is 10.3. The van der Waals surface area contributed by atoms with Crippen molar-refractivity contribution < 1.29 is 19.4 Å². The SMILES string of the molecule is COc1ccc(/C(O)=C2\C(=O)C(=O)N(CCCn3ccnc3)[C@H]2c2ccccn2)cc1C. The fraction of sp³-hybridized carbons (Fsp3) is 0.250. The molecule has 0 radical (unpaired) electrons. The van der Waals surface area contributed by atoms with E-state index >= 15 is 0 Å². The van der Waals surface area contributed by atoms with Crippen LogP contribution < -0.4 is 4.74 Å². The molecule has 2 aromatic heterocycles. The standard InChI is InChI=1S/C24H24N4O4/c1-16-14-17(7-8-19(16)32-2)22(29)20-21(18-6-3-4-9-26-18)28(24(31)23(20)30)12-5-11-27-13-10-25-15-27/h3-4,6-10,13-15,21,29H,5,11-12H2,1-2H3/b22-20+/t21-/m0/s1. The molecule has 8 nitrogen and oxygen atoms in total. The number of benzene rings is 1. The van der Waals surface area contributed by atoms with Gasteiger partial charge in [-0.05, 0) is 49.2 Å². The Morgan fingerprint density at radius 2 is 2.00 bits per heavy atom. The van der Waals surface area contributed by atoms with E-state index in [1.807, 2.05) is 17.7 Å². The van der Waals surface area contributed by atoms with Crippen LogP contribution in [0.25, 0.3) is 5.76 Å². The molecule has 1 aliphatic rings. The Bertz CT molecular complexity index is 1160. The highest BCUT2D eigenvalue weighted by atomic mass is 16.5. The van der Waals surface area contributed by atoms with Crippen molar-refractivity contribution in [1.29, 1.82) is 0 Å². The van der Waals surface area contributed by atoms with Gasteiger partial charge in [0.15, 0.2) is 0 Å². The molecule has 0 spiro atoms. The number of pyridine rings is 1. The van der Waals surface area contributed by atoms with Gasteiger partial charge < -0.3 is 19.3 Å². The number of imidazole rings is 1. The Balaban J connectivity index is 1.72. The summed E-state index contributed by atoms with van der Waals surface area (Å²) in [5, 5.41) is 11.1. The van der Waals surface area contributed by atoms with Gasteiger partial charge in [-0.2, -0.15) is 0 Å². The third kappa shape index (κ3) is 3.99. The topological polar surface area (TPSA) is 97.6 Å². The number of aromatic nitrogens is 3. The number of likely N-dealkylation sites (tertiary alicyclic amines) is 1. The number of methoxy groups -OCH3 is 1. The zero-order valence-electron chi connectivity index (χ0n) is 17.9. The van der Waals surface area contributed by atoms with E-state index in [1.165, 1.54) is 4.90 Å². The molecular weight excluding hydrogens is 408 g/mol. The first-order valence-electron chi connectivity index (χ1n) is 10.3. The monoisotopic (exact) mass is 432 g/mol. The third-order valence-electron chi connectivity index (χ3n) is 5.55. The van der Waals surface area contributed by atoms with Crippen LogP contribution in [0, 0.1) is 6.92 Å². The van der Waals surface area contributed by atoms with Crippen molar-refractivity contribution >= 4 is 17.4 Å². The fourth-order valence-corrected chi connectivity index (χ4v) is 3.98. The largest absolute Gasteiger partial charge is 0.507 e. The lowest BCUT2D eigenvalue weighted by Gasteiger charge is -2.24. The van der Waals surface area contributed by atoms with Gasteiger partial charge in [-0.15, -0.1) is 0 Å². The van der Waals surface area contributed by atoms with Crippen LogP contribution in [-0.4, -0.2) is 49.9 Å². The minimum atomic E-state index is -0.763. The van der Waals surface area contributed by atoms with Gasteiger partial charge >= 0.3 is 0 Å². The van der Waals surface area contributed by atoms with Crippen molar-refractivity contribution in [3.05, 3.63) is 83.7 Å². The van der Waals surface area contributed by atoms with E-state index in [2.05, 4.69) is 9.97 Å². The molecule has 1 atom stereocenters. The van der Waals surface area contributed by atoms with Gasteiger partial charge in [0, 0.05) is 37.2 Å². The van der Waals surface area contributed by atoms with E-state index in [0.29, 0.717) is 36.5 Å². The summed E-state index contributed by atoms with van der Waals surface area (Å²) < 4.78 is 7.19. The molecule has 32 heavy (non-hydrogen) atoms. The van der Waals surface area contributed by atoms with Crippen molar-refractivity contribution in [1.82, 2.24) is 19.4 Å². The van der Waals surface area contributed by atoms with Crippen molar-refractivity contribution in [2.75, 3.05) is 13.7 Å². The summed E-state index contributed by atoms with van der Waals surface area (Å²) in [5.41, 5.74) is 1.82. The van der Waals surface area contributed by atoms with Crippen LogP contribution >= 0.6 is 0 Å². The Morgan fingerprint density at radius 3 is 2.66 bits per heavy atom. The maximum absolute atomic E-state index is 13.0. The molecule has 0 bridgehead atoms. The van der Waals surface area contributed by atoms with Crippen LogP contribution in [-0.2, 0) is 16.1 Å². The number of aryl methyl sites for hydroxylation is 2. The summed E-state index contributed by atoms with van der Waals surface area (Å²) in [7, 11) is 1.57. The maximum Gasteiger partial charge on any atom is 0.295 e. The van der Waals surface area contributed by atoms with E-state index in [-0.39, 0.29) is 11.3 Å². The van der Waals surface area contributed by atoms with Crippen LogP contribution in [0.4, 0.5) is 0 Å². The second kappa shape index (κ2) is 9.05. The molecule has 1 N–H and O–H groups in total.